The summed E-state index contributed by atoms with van der Waals surface area (Å²) in [6.07, 6.45) is 0.482. The Bertz CT molecular complexity index is 834. The van der Waals surface area contributed by atoms with Gasteiger partial charge in [-0.05, 0) is 29.3 Å². The highest BCUT2D eigenvalue weighted by atomic mass is 16.4. The van der Waals surface area contributed by atoms with Crippen molar-refractivity contribution in [3.8, 4) is 0 Å². The molecular formula is C18H14N2O4. The zero-order valence-corrected chi connectivity index (χ0v) is 12.7. The first kappa shape index (κ1) is 14.4. The number of imide groups is 1. The number of fused-ring (bicyclic) bond motifs is 2. The molecule has 0 aromatic heterocycles. The summed E-state index contributed by atoms with van der Waals surface area (Å²) in [7, 11) is 0. The Hall–Kier alpha value is -3.15. The summed E-state index contributed by atoms with van der Waals surface area (Å²) in [4.78, 5) is 39.3. The minimum atomic E-state index is -1.10. The van der Waals surface area contributed by atoms with Gasteiger partial charge in [0.1, 0.15) is 6.04 Å². The van der Waals surface area contributed by atoms with Crippen molar-refractivity contribution in [2.75, 3.05) is 4.90 Å². The number of rotatable bonds is 2. The van der Waals surface area contributed by atoms with Crippen LogP contribution in [0.5, 0.6) is 0 Å². The van der Waals surface area contributed by atoms with Gasteiger partial charge in [0, 0.05) is 13.0 Å². The van der Waals surface area contributed by atoms with E-state index < -0.39 is 18.0 Å². The van der Waals surface area contributed by atoms with Crippen LogP contribution in [0.1, 0.15) is 21.5 Å². The first-order valence-electron chi connectivity index (χ1n) is 7.61. The molecule has 1 N–H and O–H groups in total. The monoisotopic (exact) mass is 322 g/mol. The molecule has 0 aliphatic carbocycles. The smallest absolute Gasteiger partial charge is 0.335 e. The molecule has 1 atom stereocenters. The number of urea groups is 1. The molecule has 3 amide bonds. The van der Waals surface area contributed by atoms with Gasteiger partial charge in [-0.3, -0.25) is 4.79 Å². The van der Waals surface area contributed by atoms with Gasteiger partial charge in [0.2, 0.25) is 0 Å². The predicted octanol–water partition coefficient (Wildman–Crippen LogP) is 2.28. The van der Waals surface area contributed by atoms with Crippen molar-refractivity contribution in [3.63, 3.8) is 0 Å². The summed E-state index contributed by atoms with van der Waals surface area (Å²) in [5.41, 5.74) is 2.45. The maximum Gasteiger partial charge on any atom is 0.335 e. The van der Waals surface area contributed by atoms with Crippen LogP contribution in [-0.2, 0) is 17.8 Å². The summed E-state index contributed by atoms with van der Waals surface area (Å²) < 4.78 is 0. The van der Waals surface area contributed by atoms with Crippen LogP contribution in [-0.4, -0.2) is 34.0 Å². The fourth-order valence-corrected chi connectivity index (χ4v) is 3.33. The SMILES string of the molecule is O=C(O)c1cccc(N2C(=O)[C@H]3Cc4ccccc4CN3C2=O)c1. The van der Waals surface area contributed by atoms with Gasteiger partial charge in [-0.25, -0.2) is 14.5 Å². The summed E-state index contributed by atoms with van der Waals surface area (Å²) in [6, 6.07) is 12.7. The number of carbonyl (C=O) groups excluding carboxylic acids is 2. The van der Waals surface area contributed by atoms with Gasteiger partial charge in [-0.15, -0.1) is 0 Å². The van der Waals surface area contributed by atoms with Crippen molar-refractivity contribution < 1.29 is 19.5 Å². The van der Waals surface area contributed by atoms with E-state index in [-0.39, 0.29) is 11.5 Å². The minimum absolute atomic E-state index is 0.0428. The maximum absolute atomic E-state index is 12.8. The molecule has 6 heteroatoms. The summed E-state index contributed by atoms with van der Waals surface area (Å²) in [5, 5.41) is 9.11. The lowest BCUT2D eigenvalue weighted by Crippen LogP contribution is -2.39. The van der Waals surface area contributed by atoms with Crippen molar-refractivity contribution in [3.05, 3.63) is 65.2 Å². The Morgan fingerprint density at radius 3 is 2.54 bits per heavy atom. The second kappa shape index (κ2) is 5.19. The number of hydrogen-bond donors (Lipinski definition) is 1. The molecule has 2 aromatic rings. The molecule has 4 rings (SSSR count). The quantitative estimate of drug-likeness (QED) is 0.861. The van der Waals surface area contributed by atoms with Crippen LogP contribution >= 0.6 is 0 Å². The van der Waals surface area contributed by atoms with Crippen LogP contribution in [0, 0.1) is 0 Å². The number of aromatic carboxylic acids is 1. The van der Waals surface area contributed by atoms with E-state index in [4.69, 9.17) is 5.11 Å². The van der Waals surface area contributed by atoms with E-state index in [9.17, 15) is 14.4 Å². The number of anilines is 1. The van der Waals surface area contributed by atoms with E-state index in [1.807, 2.05) is 24.3 Å². The van der Waals surface area contributed by atoms with Crippen LogP contribution in [0.15, 0.2) is 48.5 Å². The molecule has 0 unspecified atom stereocenters. The highest BCUT2D eigenvalue weighted by Crippen LogP contribution is 2.33. The van der Waals surface area contributed by atoms with E-state index in [2.05, 4.69) is 0 Å². The molecule has 24 heavy (non-hydrogen) atoms. The first-order chi connectivity index (χ1) is 11.6. The Morgan fingerprint density at radius 2 is 1.79 bits per heavy atom. The van der Waals surface area contributed by atoms with Crippen molar-refractivity contribution in [1.82, 2.24) is 4.90 Å². The average molecular weight is 322 g/mol. The van der Waals surface area contributed by atoms with Crippen LogP contribution in [0.25, 0.3) is 0 Å². The van der Waals surface area contributed by atoms with Gasteiger partial charge >= 0.3 is 12.0 Å². The Morgan fingerprint density at radius 1 is 1.04 bits per heavy atom. The third-order valence-corrected chi connectivity index (χ3v) is 4.54. The standard InChI is InChI=1S/C18H14N2O4/c21-16-15-9-11-4-1-2-5-13(11)10-19(15)18(24)20(16)14-7-3-6-12(8-14)17(22)23/h1-8,15H,9-10H2,(H,22,23)/t15-/m1/s1. The van der Waals surface area contributed by atoms with Gasteiger partial charge < -0.3 is 10.0 Å². The largest absolute Gasteiger partial charge is 0.478 e. The molecule has 6 nitrogen and oxygen atoms in total. The molecule has 1 saturated heterocycles. The third kappa shape index (κ3) is 2.07. The summed E-state index contributed by atoms with van der Waals surface area (Å²) in [6.45, 7) is 0.389. The Balaban J connectivity index is 1.71. The van der Waals surface area contributed by atoms with E-state index in [0.29, 0.717) is 18.7 Å². The molecule has 1 fully saturated rings. The Kier molecular flexibility index (Phi) is 3.13. The van der Waals surface area contributed by atoms with Gasteiger partial charge in [0.05, 0.1) is 11.3 Å². The Labute approximate surface area is 137 Å². The third-order valence-electron chi connectivity index (χ3n) is 4.54. The molecule has 2 aromatic carbocycles. The fraction of sp³-hybridized carbons (Fsp3) is 0.167. The lowest BCUT2D eigenvalue weighted by molar-refractivity contribution is -0.120. The zero-order valence-electron chi connectivity index (χ0n) is 12.7. The average Bonchev–Trinajstić information content (AvgIpc) is 2.84. The maximum atomic E-state index is 12.8. The molecular weight excluding hydrogens is 308 g/mol. The van der Waals surface area contributed by atoms with E-state index in [1.165, 1.54) is 18.2 Å². The number of carbonyl (C=O) groups is 3. The second-order valence-electron chi connectivity index (χ2n) is 5.93. The van der Waals surface area contributed by atoms with E-state index in [0.717, 1.165) is 16.0 Å². The summed E-state index contributed by atoms with van der Waals surface area (Å²) >= 11 is 0. The molecule has 0 spiro atoms. The van der Waals surface area contributed by atoms with Crippen molar-refractivity contribution >= 4 is 23.6 Å². The lowest BCUT2D eigenvalue weighted by atomic mass is 9.95. The normalized spacial score (nSPS) is 19.2. The van der Waals surface area contributed by atoms with Crippen LogP contribution < -0.4 is 4.90 Å². The van der Waals surface area contributed by atoms with Crippen LogP contribution in [0.4, 0.5) is 10.5 Å². The highest BCUT2D eigenvalue weighted by molar-refractivity contribution is 6.21. The fourth-order valence-electron chi connectivity index (χ4n) is 3.33. The second-order valence-corrected chi connectivity index (χ2v) is 5.93. The molecule has 0 saturated carbocycles. The highest BCUT2D eigenvalue weighted by Gasteiger charge is 2.47. The number of carboxylic acids is 1. The van der Waals surface area contributed by atoms with Crippen LogP contribution in [0.2, 0.25) is 0 Å². The van der Waals surface area contributed by atoms with Gasteiger partial charge in [-0.2, -0.15) is 0 Å². The molecule has 2 aliphatic heterocycles. The minimum Gasteiger partial charge on any atom is -0.478 e. The topological polar surface area (TPSA) is 77.9 Å². The van der Waals surface area contributed by atoms with Crippen molar-refractivity contribution in [2.24, 2.45) is 0 Å². The molecule has 2 heterocycles. The van der Waals surface area contributed by atoms with Crippen molar-refractivity contribution in [2.45, 2.75) is 19.0 Å². The van der Waals surface area contributed by atoms with Gasteiger partial charge in [0.25, 0.3) is 5.91 Å². The van der Waals surface area contributed by atoms with E-state index >= 15 is 0 Å². The van der Waals surface area contributed by atoms with Gasteiger partial charge in [0.15, 0.2) is 0 Å². The molecule has 0 radical (unpaired) electrons. The molecule has 0 bridgehead atoms. The van der Waals surface area contributed by atoms with Gasteiger partial charge in [-0.1, -0.05) is 30.3 Å². The first-order valence-corrected chi connectivity index (χ1v) is 7.61. The lowest BCUT2D eigenvalue weighted by Gasteiger charge is -2.28. The number of hydrogen-bond acceptors (Lipinski definition) is 3. The predicted molar refractivity (Wildman–Crippen MR) is 85.8 cm³/mol. The van der Waals surface area contributed by atoms with Crippen molar-refractivity contribution in [1.29, 1.82) is 0 Å². The number of nitrogens with zero attached hydrogens (tertiary/aromatic N) is 2. The molecule has 2 aliphatic rings. The van der Waals surface area contributed by atoms with Crippen LogP contribution in [0.3, 0.4) is 0 Å². The zero-order chi connectivity index (χ0) is 16.8. The van der Waals surface area contributed by atoms with E-state index in [1.54, 1.807) is 11.0 Å². The number of carboxylic acid groups (broad SMARTS) is 1. The summed E-state index contributed by atoms with van der Waals surface area (Å²) in [5.74, 6) is -1.40. The number of amides is 3. The number of benzene rings is 2. The molecule has 120 valence electrons.